The molecule has 0 amide bonds. The molecule has 6 nitrogen and oxygen atoms in total. The van der Waals surface area contributed by atoms with Gasteiger partial charge in [0.25, 0.3) is 0 Å². The van der Waals surface area contributed by atoms with Crippen LogP contribution in [-0.4, -0.2) is 68.6 Å². The minimum atomic E-state index is 0. The van der Waals surface area contributed by atoms with Gasteiger partial charge in [-0.3, -0.25) is 9.89 Å². The molecule has 1 N–H and O–H groups in total. The molecular formula is C22H32IN5O. The average molecular weight is 509 g/mol. The molecule has 3 heterocycles. The quantitative estimate of drug-likeness (QED) is 0.380. The lowest BCUT2D eigenvalue weighted by Crippen LogP contribution is -2.53. The van der Waals surface area contributed by atoms with Crippen molar-refractivity contribution in [1.29, 1.82) is 0 Å². The first kappa shape index (κ1) is 22.0. The van der Waals surface area contributed by atoms with Gasteiger partial charge in [0.15, 0.2) is 5.96 Å². The summed E-state index contributed by atoms with van der Waals surface area (Å²) in [6, 6.07) is 15.0. The maximum atomic E-state index is 5.74. The number of furan rings is 1. The zero-order valence-electron chi connectivity index (χ0n) is 17.2. The van der Waals surface area contributed by atoms with Gasteiger partial charge in [-0.05, 0) is 50.2 Å². The molecule has 2 aliphatic rings. The molecule has 7 heteroatoms. The van der Waals surface area contributed by atoms with Crippen molar-refractivity contribution in [2.24, 2.45) is 4.99 Å². The average Bonchev–Trinajstić information content (AvgIpc) is 3.47. The normalized spacial score (nSPS) is 19.1. The first-order valence-electron chi connectivity index (χ1n) is 10.4. The molecule has 4 rings (SSSR count). The number of para-hydroxylation sites is 1. The standard InChI is InChI=1S/C22H31N5O.HI/c1-23-22(27-15-13-25(14-16-27)19-8-3-2-4-9-19)24-18-20(21-10-7-17-28-21)26-11-5-6-12-26;/h2-4,7-10,17,20H,5-6,11-16,18H2,1H3,(H,23,24);1H. The number of anilines is 1. The molecule has 2 aromatic rings. The van der Waals surface area contributed by atoms with Crippen LogP contribution in [0.4, 0.5) is 5.69 Å². The van der Waals surface area contributed by atoms with Crippen molar-refractivity contribution in [1.82, 2.24) is 15.1 Å². The van der Waals surface area contributed by atoms with Crippen molar-refractivity contribution < 1.29 is 4.42 Å². The van der Waals surface area contributed by atoms with Gasteiger partial charge in [-0.2, -0.15) is 0 Å². The molecule has 1 unspecified atom stereocenters. The molecule has 1 aromatic heterocycles. The van der Waals surface area contributed by atoms with E-state index < -0.39 is 0 Å². The van der Waals surface area contributed by atoms with Gasteiger partial charge in [-0.1, -0.05) is 18.2 Å². The summed E-state index contributed by atoms with van der Waals surface area (Å²) < 4.78 is 5.74. The monoisotopic (exact) mass is 509 g/mol. The Morgan fingerprint density at radius 1 is 1.00 bits per heavy atom. The Bertz CT molecular complexity index is 738. The molecule has 158 valence electrons. The van der Waals surface area contributed by atoms with Gasteiger partial charge in [-0.15, -0.1) is 24.0 Å². The van der Waals surface area contributed by atoms with Gasteiger partial charge in [0.1, 0.15) is 5.76 Å². The summed E-state index contributed by atoms with van der Waals surface area (Å²) in [5.74, 6) is 2.03. The Morgan fingerprint density at radius 2 is 1.72 bits per heavy atom. The summed E-state index contributed by atoms with van der Waals surface area (Å²) in [6.07, 6.45) is 4.32. The maximum absolute atomic E-state index is 5.74. The van der Waals surface area contributed by atoms with E-state index in [1.807, 2.05) is 13.1 Å². The predicted molar refractivity (Wildman–Crippen MR) is 129 cm³/mol. The summed E-state index contributed by atoms with van der Waals surface area (Å²) >= 11 is 0. The molecule has 0 aliphatic carbocycles. The molecule has 0 saturated carbocycles. The molecule has 1 atom stereocenters. The van der Waals surface area contributed by atoms with Crippen LogP contribution in [0.15, 0.2) is 58.1 Å². The molecule has 0 radical (unpaired) electrons. The second-order valence-corrected chi connectivity index (χ2v) is 7.51. The lowest BCUT2D eigenvalue weighted by molar-refractivity contribution is 0.213. The lowest BCUT2D eigenvalue weighted by atomic mass is 10.2. The zero-order valence-corrected chi connectivity index (χ0v) is 19.5. The van der Waals surface area contributed by atoms with E-state index in [0.29, 0.717) is 0 Å². The molecule has 0 bridgehead atoms. The molecule has 2 aliphatic heterocycles. The second-order valence-electron chi connectivity index (χ2n) is 7.51. The Labute approximate surface area is 191 Å². The third-order valence-electron chi connectivity index (χ3n) is 5.82. The second kappa shape index (κ2) is 10.9. The fourth-order valence-corrected chi connectivity index (χ4v) is 4.28. The fraction of sp³-hybridized carbons (Fsp3) is 0.500. The highest BCUT2D eigenvalue weighted by atomic mass is 127. The number of piperazine rings is 1. The van der Waals surface area contributed by atoms with Crippen molar-refractivity contribution in [2.75, 3.05) is 57.8 Å². The molecule has 0 spiro atoms. The van der Waals surface area contributed by atoms with Crippen LogP contribution in [0.1, 0.15) is 24.6 Å². The van der Waals surface area contributed by atoms with Crippen molar-refractivity contribution in [3.8, 4) is 0 Å². The maximum Gasteiger partial charge on any atom is 0.193 e. The smallest absolute Gasteiger partial charge is 0.193 e. The van der Waals surface area contributed by atoms with Crippen molar-refractivity contribution in [3.63, 3.8) is 0 Å². The van der Waals surface area contributed by atoms with Crippen LogP contribution in [0.2, 0.25) is 0 Å². The summed E-state index contributed by atoms with van der Waals surface area (Å²) in [6.45, 7) is 7.08. The lowest BCUT2D eigenvalue weighted by Gasteiger charge is -2.38. The number of aliphatic imine (C=N–C) groups is 1. The van der Waals surface area contributed by atoms with E-state index in [2.05, 4.69) is 61.4 Å². The molecular weight excluding hydrogens is 477 g/mol. The summed E-state index contributed by atoms with van der Waals surface area (Å²) in [7, 11) is 1.88. The third-order valence-corrected chi connectivity index (χ3v) is 5.82. The van der Waals surface area contributed by atoms with Crippen LogP contribution < -0.4 is 10.2 Å². The SMILES string of the molecule is CN=C(NCC(c1ccco1)N1CCCC1)N1CCN(c2ccccc2)CC1.I. The van der Waals surface area contributed by atoms with Crippen molar-refractivity contribution >= 4 is 35.6 Å². The molecule has 29 heavy (non-hydrogen) atoms. The number of benzene rings is 1. The van der Waals surface area contributed by atoms with E-state index in [4.69, 9.17) is 4.42 Å². The van der Waals surface area contributed by atoms with E-state index in [-0.39, 0.29) is 30.0 Å². The van der Waals surface area contributed by atoms with Gasteiger partial charge < -0.3 is 19.5 Å². The van der Waals surface area contributed by atoms with E-state index in [9.17, 15) is 0 Å². The number of nitrogens with zero attached hydrogens (tertiary/aromatic N) is 4. The van der Waals surface area contributed by atoms with Crippen LogP contribution in [0.5, 0.6) is 0 Å². The third kappa shape index (κ3) is 5.45. The van der Waals surface area contributed by atoms with Crippen LogP contribution in [-0.2, 0) is 0 Å². The first-order chi connectivity index (χ1) is 13.8. The van der Waals surface area contributed by atoms with Gasteiger partial charge >= 0.3 is 0 Å². The highest BCUT2D eigenvalue weighted by molar-refractivity contribution is 14.0. The highest BCUT2D eigenvalue weighted by Crippen LogP contribution is 2.25. The number of guanidine groups is 1. The number of likely N-dealkylation sites (tertiary alicyclic amines) is 1. The van der Waals surface area contributed by atoms with Crippen molar-refractivity contribution in [3.05, 3.63) is 54.5 Å². The fourth-order valence-electron chi connectivity index (χ4n) is 4.28. The largest absolute Gasteiger partial charge is 0.468 e. The molecule has 2 fully saturated rings. The van der Waals surface area contributed by atoms with E-state index >= 15 is 0 Å². The van der Waals surface area contributed by atoms with E-state index in [0.717, 1.165) is 57.5 Å². The minimum absolute atomic E-state index is 0. The van der Waals surface area contributed by atoms with Crippen molar-refractivity contribution in [2.45, 2.75) is 18.9 Å². The van der Waals surface area contributed by atoms with E-state index in [1.165, 1.54) is 18.5 Å². The number of hydrogen-bond acceptors (Lipinski definition) is 4. The number of nitrogens with one attached hydrogen (secondary N) is 1. The number of rotatable bonds is 5. The van der Waals surface area contributed by atoms with Gasteiger partial charge in [0, 0.05) is 45.5 Å². The zero-order chi connectivity index (χ0) is 19.2. The summed E-state index contributed by atoms with van der Waals surface area (Å²) in [5.41, 5.74) is 1.30. The van der Waals surface area contributed by atoms with Gasteiger partial charge in [-0.25, -0.2) is 0 Å². The molecule has 1 aromatic carbocycles. The number of hydrogen-bond donors (Lipinski definition) is 1. The summed E-state index contributed by atoms with van der Waals surface area (Å²) in [4.78, 5) is 11.9. The highest BCUT2D eigenvalue weighted by Gasteiger charge is 2.27. The number of halogens is 1. The van der Waals surface area contributed by atoms with Crippen LogP contribution in [0.25, 0.3) is 0 Å². The Balaban J connectivity index is 0.00000240. The van der Waals surface area contributed by atoms with Gasteiger partial charge in [0.2, 0.25) is 0 Å². The predicted octanol–water partition coefficient (Wildman–Crippen LogP) is 3.43. The Kier molecular flexibility index (Phi) is 8.23. The Hall–Kier alpha value is -1.74. The molecule has 2 saturated heterocycles. The first-order valence-corrected chi connectivity index (χ1v) is 10.4. The Morgan fingerprint density at radius 3 is 2.34 bits per heavy atom. The van der Waals surface area contributed by atoms with Gasteiger partial charge in [0.05, 0.1) is 12.3 Å². The van der Waals surface area contributed by atoms with Crippen LogP contribution >= 0.6 is 24.0 Å². The van der Waals surface area contributed by atoms with Crippen LogP contribution in [0, 0.1) is 0 Å². The van der Waals surface area contributed by atoms with Crippen LogP contribution in [0.3, 0.4) is 0 Å². The van der Waals surface area contributed by atoms with E-state index in [1.54, 1.807) is 6.26 Å². The summed E-state index contributed by atoms with van der Waals surface area (Å²) in [5, 5.41) is 3.61. The minimum Gasteiger partial charge on any atom is -0.468 e. The topological polar surface area (TPSA) is 47.3 Å².